The molecular weight excluding hydrogens is 394 g/mol. The average molecular weight is 424 g/mol. The molecule has 2 aromatic rings. The SMILES string of the molecule is COc1ccc(/C=C2\Oc3c(ccc(O)c3CN3C[C@H](C)C[C@H](C)C3)C2=O)cc1OC. The standard InChI is InChI=1S/C25H29NO5/c1-15-9-16(2)13-26(12-15)14-19-20(27)7-6-18-24(28)23(31-25(18)19)11-17-5-8-21(29-3)22(10-17)30-4/h5-8,10-11,15-16,27H,9,12-14H2,1-4H3/b23-11-/t15-,16+. The maximum absolute atomic E-state index is 13.0. The fourth-order valence-electron chi connectivity index (χ4n) is 4.69. The minimum atomic E-state index is -0.189. The number of nitrogens with zero attached hydrogens (tertiary/aromatic N) is 1. The van der Waals surface area contributed by atoms with E-state index in [-0.39, 0.29) is 17.3 Å². The summed E-state index contributed by atoms with van der Waals surface area (Å²) in [6.07, 6.45) is 2.90. The molecule has 1 N–H and O–H groups in total. The Morgan fingerprint density at radius 1 is 1.10 bits per heavy atom. The normalized spacial score (nSPS) is 22.3. The first-order valence-electron chi connectivity index (χ1n) is 10.6. The van der Waals surface area contributed by atoms with E-state index in [4.69, 9.17) is 14.2 Å². The van der Waals surface area contributed by atoms with E-state index in [1.54, 1.807) is 44.6 Å². The summed E-state index contributed by atoms with van der Waals surface area (Å²) in [6, 6.07) is 8.63. The van der Waals surface area contributed by atoms with Crippen molar-refractivity contribution >= 4 is 11.9 Å². The summed E-state index contributed by atoms with van der Waals surface area (Å²) in [5.41, 5.74) is 1.92. The van der Waals surface area contributed by atoms with Gasteiger partial charge in [-0.05, 0) is 54.2 Å². The van der Waals surface area contributed by atoms with E-state index in [9.17, 15) is 9.90 Å². The molecule has 31 heavy (non-hydrogen) atoms. The Labute approximate surface area is 183 Å². The van der Waals surface area contributed by atoms with Gasteiger partial charge in [0, 0.05) is 19.6 Å². The number of benzene rings is 2. The quantitative estimate of drug-likeness (QED) is 0.714. The fourth-order valence-corrected chi connectivity index (χ4v) is 4.69. The van der Waals surface area contributed by atoms with E-state index in [1.165, 1.54) is 6.42 Å². The molecule has 0 amide bonds. The summed E-state index contributed by atoms with van der Waals surface area (Å²) in [5, 5.41) is 10.6. The second-order valence-corrected chi connectivity index (χ2v) is 8.63. The molecule has 1 saturated heterocycles. The molecule has 2 aromatic carbocycles. The van der Waals surface area contributed by atoms with Crippen molar-refractivity contribution in [2.75, 3.05) is 27.3 Å². The summed E-state index contributed by atoms with van der Waals surface area (Å²) in [6.45, 7) is 7.00. The lowest BCUT2D eigenvalue weighted by atomic mass is 9.91. The highest BCUT2D eigenvalue weighted by Gasteiger charge is 2.32. The molecule has 0 spiro atoms. The lowest BCUT2D eigenvalue weighted by molar-refractivity contribution is 0.101. The number of fused-ring (bicyclic) bond motifs is 1. The van der Waals surface area contributed by atoms with Crippen molar-refractivity contribution < 1.29 is 24.1 Å². The average Bonchev–Trinajstić information content (AvgIpc) is 3.05. The van der Waals surface area contributed by atoms with Crippen LogP contribution in [-0.2, 0) is 6.54 Å². The number of ketones is 1. The van der Waals surface area contributed by atoms with Gasteiger partial charge in [0.2, 0.25) is 5.78 Å². The number of likely N-dealkylation sites (tertiary alicyclic amines) is 1. The number of aromatic hydroxyl groups is 1. The zero-order valence-electron chi connectivity index (χ0n) is 18.5. The number of carbonyl (C=O) groups excluding carboxylic acids is 1. The summed E-state index contributed by atoms with van der Waals surface area (Å²) in [5.74, 6) is 3.06. The number of hydrogen-bond donors (Lipinski definition) is 1. The Bertz CT molecular complexity index is 1020. The first-order valence-corrected chi connectivity index (χ1v) is 10.6. The predicted octanol–water partition coefficient (Wildman–Crippen LogP) is 4.50. The van der Waals surface area contributed by atoms with Crippen molar-refractivity contribution in [3.8, 4) is 23.0 Å². The molecule has 6 heteroatoms. The molecular formula is C25H29NO5. The van der Waals surface area contributed by atoms with Gasteiger partial charge in [-0.2, -0.15) is 0 Å². The number of hydrogen-bond acceptors (Lipinski definition) is 6. The zero-order chi connectivity index (χ0) is 22.1. The van der Waals surface area contributed by atoms with Crippen molar-refractivity contribution in [2.45, 2.75) is 26.8 Å². The van der Waals surface area contributed by atoms with Gasteiger partial charge in [-0.1, -0.05) is 19.9 Å². The highest BCUT2D eigenvalue weighted by Crippen LogP contribution is 2.41. The number of rotatable bonds is 5. The van der Waals surface area contributed by atoms with E-state index >= 15 is 0 Å². The number of allylic oxidation sites excluding steroid dienone is 1. The molecule has 164 valence electrons. The van der Waals surface area contributed by atoms with E-state index in [0.717, 1.165) is 18.7 Å². The van der Waals surface area contributed by atoms with E-state index < -0.39 is 0 Å². The number of phenolic OH excluding ortho intramolecular Hbond substituents is 1. The van der Waals surface area contributed by atoms with Gasteiger partial charge in [-0.3, -0.25) is 9.69 Å². The number of methoxy groups -OCH3 is 2. The molecule has 2 atom stereocenters. The molecule has 2 aliphatic rings. The van der Waals surface area contributed by atoms with Crippen molar-refractivity contribution in [1.29, 1.82) is 0 Å². The van der Waals surface area contributed by atoms with Crippen LogP contribution in [0.1, 0.15) is 41.8 Å². The minimum absolute atomic E-state index is 0.157. The van der Waals surface area contributed by atoms with Crippen LogP contribution in [0.4, 0.5) is 0 Å². The Morgan fingerprint density at radius 2 is 1.81 bits per heavy atom. The van der Waals surface area contributed by atoms with Crippen molar-refractivity contribution in [1.82, 2.24) is 4.90 Å². The molecule has 0 radical (unpaired) electrons. The van der Waals surface area contributed by atoms with Gasteiger partial charge < -0.3 is 19.3 Å². The van der Waals surface area contributed by atoms with Crippen LogP contribution >= 0.6 is 0 Å². The van der Waals surface area contributed by atoms with Crippen LogP contribution in [0.2, 0.25) is 0 Å². The first-order chi connectivity index (χ1) is 14.9. The summed E-state index contributed by atoms with van der Waals surface area (Å²) >= 11 is 0. The lowest BCUT2D eigenvalue weighted by Gasteiger charge is -2.35. The molecule has 1 fully saturated rings. The Balaban J connectivity index is 1.63. The van der Waals surface area contributed by atoms with Crippen molar-refractivity contribution in [3.05, 3.63) is 52.8 Å². The Kier molecular flexibility index (Phi) is 5.92. The third kappa shape index (κ3) is 4.26. The smallest absolute Gasteiger partial charge is 0.231 e. The molecule has 0 aromatic heterocycles. The molecule has 2 aliphatic heterocycles. The molecule has 4 rings (SSSR count). The molecule has 2 heterocycles. The molecule has 0 bridgehead atoms. The number of Topliss-reactive ketones (excluding diaryl/α,β-unsaturated/α-hetero) is 1. The van der Waals surface area contributed by atoms with Gasteiger partial charge in [0.25, 0.3) is 0 Å². The highest BCUT2D eigenvalue weighted by molar-refractivity contribution is 6.15. The summed E-state index contributed by atoms with van der Waals surface area (Å²) in [4.78, 5) is 15.3. The number of piperidine rings is 1. The molecule has 0 aliphatic carbocycles. The first kappa shape index (κ1) is 21.2. The van der Waals surface area contributed by atoms with Gasteiger partial charge in [0.05, 0.1) is 25.3 Å². The fraction of sp³-hybridized carbons (Fsp3) is 0.400. The van der Waals surface area contributed by atoms with Gasteiger partial charge in [0.15, 0.2) is 17.3 Å². The number of ether oxygens (including phenoxy) is 3. The maximum atomic E-state index is 13.0. The van der Waals surface area contributed by atoms with Gasteiger partial charge >= 0.3 is 0 Å². The van der Waals surface area contributed by atoms with Crippen molar-refractivity contribution in [3.63, 3.8) is 0 Å². The van der Waals surface area contributed by atoms with Crippen LogP contribution in [0, 0.1) is 11.8 Å². The Morgan fingerprint density at radius 3 is 2.48 bits per heavy atom. The summed E-state index contributed by atoms with van der Waals surface area (Å²) < 4.78 is 16.6. The number of phenols is 1. The van der Waals surface area contributed by atoms with Crippen LogP contribution in [0.3, 0.4) is 0 Å². The zero-order valence-corrected chi connectivity index (χ0v) is 18.5. The number of carbonyl (C=O) groups is 1. The van der Waals surface area contributed by atoms with Gasteiger partial charge in [-0.25, -0.2) is 0 Å². The van der Waals surface area contributed by atoms with Crippen LogP contribution in [0.15, 0.2) is 36.1 Å². The van der Waals surface area contributed by atoms with E-state index in [0.29, 0.717) is 46.8 Å². The van der Waals surface area contributed by atoms with Crippen molar-refractivity contribution in [2.24, 2.45) is 11.8 Å². The van der Waals surface area contributed by atoms with Crippen LogP contribution in [0.5, 0.6) is 23.0 Å². The minimum Gasteiger partial charge on any atom is -0.507 e. The predicted molar refractivity (Wildman–Crippen MR) is 119 cm³/mol. The van der Waals surface area contributed by atoms with Gasteiger partial charge in [0.1, 0.15) is 11.5 Å². The maximum Gasteiger partial charge on any atom is 0.231 e. The van der Waals surface area contributed by atoms with Crippen LogP contribution in [-0.4, -0.2) is 43.1 Å². The van der Waals surface area contributed by atoms with E-state index in [1.807, 2.05) is 6.07 Å². The van der Waals surface area contributed by atoms with Crippen LogP contribution in [0.25, 0.3) is 6.08 Å². The third-order valence-electron chi connectivity index (χ3n) is 5.95. The third-order valence-corrected chi connectivity index (χ3v) is 5.95. The van der Waals surface area contributed by atoms with Gasteiger partial charge in [-0.15, -0.1) is 0 Å². The van der Waals surface area contributed by atoms with E-state index in [2.05, 4.69) is 18.7 Å². The monoisotopic (exact) mass is 423 g/mol. The lowest BCUT2D eigenvalue weighted by Crippen LogP contribution is -2.38. The second kappa shape index (κ2) is 8.63. The Hall–Kier alpha value is -2.99. The molecule has 0 unspecified atom stereocenters. The topological polar surface area (TPSA) is 68.2 Å². The highest BCUT2D eigenvalue weighted by atomic mass is 16.5. The molecule has 6 nitrogen and oxygen atoms in total. The summed E-state index contributed by atoms with van der Waals surface area (Å²) in [7, 11) is 3.15. The van der Waals surface area contributed by atoms with Crippen LogP contribution < -0.4 is 14.2 Å². The largest absolute Gasteiger partial charge is 0.507 e. The second-order valence-electron chi connectivity index (χ2n) is 8.63. The molecule has 0 saturated carbocycles.